The number of nitrogens with zero attached hydrogens (tertiary/aromatic N) is 1. The molecule has 0 bridgehead atoms. The molecule has 0 unspecified atom stereocenters. The molecule has 0 aliphatic carbocycles. The molecule has 0 spiro atoms. The number of hydrogen-bond donors (Lipinski definition) is 0. The Morgan fingerprint density at radius 1 is 1.58 bits per heavy atom. The van der Waals surface area contributed by atoms with Crippen molar-refractivity contribution in [2.75, 3.05) is 7.11 Å². The fourth-order valence-corrected chi connectivity index (χ4v) is 0.782. The van der Waals surface area contributed by atoms with Crippen LogP contribution >= 0.6 is 12.2 Å². The summed E-state index contributed by atoms with van der Waals surface area (Å²) >= 11 is 4.85. The highest BCUT2D eigenvalue weighted by Gasteiger charge is 2.00. The van der Waals surface area contributed by atoms with Crippen LogP contribution < -0.4 is 4.84 Å². The Labute approximate surface area is 74.3 Å². The highest BCUT2D eigenvalue weighted by Crippen LogP contribution is 1.90. The van der Waals surface area contributed by atoms with Gasteiger partial charge in [0.1, 0.15) is 4.64 Å². The van der Waals surface area contributed by atoms with Crippen molar-refractivity contribution in [1.82, 2.24) is 4.73 Å². The smallest absolute Gasteiger partial charge is 0.436 e. The normalized spacial score (nSPS) is 9.08. The Bertz CT molecular complexity index is 333. The maximum atomic E-state index is 10.6. The standard InChI is InChI=1S/C7H7NO3S/c1-10-7(9)11-8-5-3-2-4-6(8)12/h2-5H,1H3. The van der Waals surface area contributed by atoms with E-state index in [0.717, 1.165) is 4.73 Å². The molecule has 0 aromatic carbocycles. The van der Waals surface area contributed by atoms with E-state index in [0.29, 0.717) is 4.64 Å². The van der Waals surface area contributed by atoms with Crippen LogP contribution in [0.5, 0.6) is 0 Å². The van der Waals surface area contributed by atoms with Gasteiger partial charge in [-0.15, -0.1) is 0 Å². The molecule has 0 N–H and O–H groups in total. The third-order valence-corrected chi connectivity index (χ3v) is 1.44. The van der Waals surface area contributed by atoms with Gasteiger partial charge in [-0.1, -0.05) is 18.3 Å². The molecule has 5 heteroatoms. The van der Waals surface area contributed by atoms with Gasteiger partial charge < -0.3 is 9.57 Å². The molecule has 0 aliphatic rings. The summed E-state index contributed by atoms with van der Waals surface area (Å²) in [4.78, 5) is 15.3. The molecule has 4 nitrogen and oxygen atoms in total. The second kappa shape index (κ2) is 3.87. The van der Waals surface area contributed by atoms with Crippen LogP contribution in [-0.4, -0.2) is 18.0 Å². The van der Waals surface area contributed by atoms with E-state index in [4.69, 9.17) is 12.2 Å². The van der Waals surface area contributed by atoms with Gasteiger partial charge >= 0.3 is 6.16 Å². The molecule has 0 fully saturated rings. The van der Waals surface area contributed by atoms with Crippen LogP contribution in [-0.2, 0) is 4.74 Å². The number of carbonyl (C=O) groups is 1. The van der Waals surface area contributed by atoms with Crippen molar-refractivity contribution in [2.24, 2.45) is 0 Å². The fourth-order valence-electron chi connectivity index (χ4n) is 0.606. The number of ether oxygens (including phenoxy) is 1. The van der Waals surface area contributed by atoms with Crippen molar-refractivity contribution in [1.29, 1.82) is 0 Å². The van der Waals surface area contributed by atoms with Gasteiger partial charge in [-0.05, 0) is 12.1 Å². The van der Waals surface area contributed by atoms with Crippen molar-refractivity contribution in [2.45, 2.75) is 0 Å². The first-order valence-electron chi connectivity index (χ1n) is 3.18. The van der Waals surface area contributed by atoms with Gasteiger partial charge in [0.2, 0.25) is 0 Å². The summed E-state index contributed by atoms with van der Waals surface area (Å²) in [7, 11) is 1.23. The first-order valence-corrected chi connectivity index (χ1v) is 3.59. The van der Waals surface area contributed by atoms with Gasteiger partial charge in [0.05, 0.1) is 7.11 Å². The lowest BCUT2D eigenvalue weighted by molar-refractivity contribution is 0.0624. The quantitative estimate of drug-likeness (QED) is 0.490. The van der Waals surface area contributed by atoms with Gasteiger partial charge in [-0.2, -0.15) is 4.73 Å². The minimum Gasteiger partial charge on any atom is -0.436 e. The van der Waals surface area contributed by atoms with Gasteiger partial charge in [0.15, 0.2) is 0 Å². The third-order valence-electron chi connectivity index (χ3n) is 1.13. The van der Waals surface area contributed by atoms with E-state index in [1.807, 2.05) is 0 Å². The number of hydrogen-bond acceptors (Lipinski definition) is 4. The van der Waals surface area contributed by atoms with E-state index in [1.54, 1.807) is 18.2 Å². The molecule has 1 heterocycles. The molecule has 0 saturated carbocycles. The number of methoxy groups -OCH3 is 1. The van der Waals surface area contributed by atoms with E-state index < -0.39 is 6.16 Å². The summed E-state index contributed by atoms with van der Waals surface area (Å²) in [6, 6.07) is 5.08. The Kier molecular flexibility index (Phi) is 2.82. The lowest BCUT2D eigenvalue weighted by Crippen LogP contribution is -2.19. The van der Waals surface area contributed by atoms with Gasteiger partial charge in [-0.3, -0.25) is 0 Å². The lowest BCUT2D eigenvalue weighted by Gasteiger charge is -2.03. The van der Waals surface area contributed by atoms with E-state index in [-0.39, 0.29) is 0 Å². The zero-order valence-corrected chi connectivity index (χ0v) is 7.21. The number of aromatic nitrogens is 1. The molecule has 0 radical (unpaired) electrons. The molecule has 0 aliphatic heterocycles. The second-order valence-electron chi connectivity index (χ2n) is 1.91. The van der Waals surface area contributed by atoms with E-state index in [1.165, 1.54) is 13.3 Å². The lowest BCUT2D eigenvalue weighted by atomic mass is 10.5. The van der Waals surface area contributed by atoms with Crippen LogP contribution in [0, 0.1) is 4.64 Å². The van der Waals surface area contributed by atoms with Crippen LogP contribution in [0.1, 0.15) is 0 Å². The number of carbonyl (C=O) groups excluding carboxylic acids is 1. The average molecular weight is 185 g/mol. The molecule has 1 aromatic heterocycles. The maximum absolute atomic E-state index is 10.6. The molecule has 12 heavy (non-hydrogen) atoms. The van der Waals surface area contributed by atoms with Crippen LogP contribution in [0.2, 0.25) is 0 Å². The topological polar surface area (TPSA) is 40.5 Å². The predicted molar refractivity (Wildman–Crippen MR) is 44.3 cm³/mol. The Morgan fingerprint density at radius 3 is 2.92 bits per heavy atom. The molecule has 1 aromatic rings. The fraction of sp³-hybridized carbons (Fsp3) is 0.143. The van der Waals surface area contributed by atoms with Crippen molar-refractivity contribution in [3.63, 3.8) is 0 Å². The van der Waals surface area contributed by atoms with Crippen molar-refractivity contribution < 1.29 is 14.4 Å². The van der Waals surface area contributed by atoms with Crippen molar-refractivity contribution in [3.8, 4) is 0 Å². The van der Waals surface area contributed by atoms with Crippen molar-refractivity contribution >= 4 is 18.4 Å². The monoisotopic (exact) mass is 185 g/mol. The van der Waals surface area contributed by atoms with Gasteiger partial charge in [0, 0.05) is 6.20 Å². The Balaban J connectivity index is 2.83. The van der Waals surface area contributed by atoms with Crippen LogP contribution in [0.25, 0.3) is 0 Å². The van der Waals surface area contributed by atoms with Crippen LogP contribution in [0.3, 0.4) is 0 Å². The maximum Gasteiger partial charge on any atom is 0.533 e. The second-order valence-corrected chi connectivity index (χ2v) is 2.33. The molecule has 64 valence electrons. The summed E-state index contributed by atoms with van der Waals surface area (Å²) in [5.74, 6) is 0. The molecule has 1 rings (SSSR count). The third kappa shape index (κ3) is 2.06. The Hall–Kier alpha value is -1.36. The SMILES string of the molecule is COC(=O)On1ccccc1=S. The van der Waals surface area contributed by atoms with E-state index in [9.17, 15) is 4.79 Å². The van der Waals surface area contributed by atoms with Gasteiger partial charge in [0.25, 0.3) is 0 Å². The van der Waals surface area contributed by atoms with Crippen LogP contribution in [0.4, 0.5) is 4.79 Å². The Morgan fingerprint density at radius 2 is 2.33 bits per heavy atom. The summed E-state index contributed by atoms with van der Waals surface area (Å²) < 4.78 is 5.84. The minimum atomic E-state index is -0.794. The molecular weight excluding hydrogens is 178 g/mol. The number of rotatable bonds is 1. The van der Waals surface area contributed by atoms with E-state index in [2.05, 4.69) is 9.57 Å². The minimum absolute atomic E-state index is 0.405. The first kappa shape index (κ1) is 8.73. The molecule has 0 atom stereocenters. The molecule has 0 saturated heterocycles. The van der Waals surface area contributed by atoms with Crippen molar-refractivity contribution in [3.05, 3.63) is 29.0 Å². The first-order chi connectivity index (χ1) is 5.74. The highest BCUT2D eigenvalue weighted by atomic mass is 32.1. The zero-order valence-electron chi connectivity index (χ0n) is 6.39. The van der Waals surface area contributed by atoms with Crippen LogP contribution in [0.15, 0.2) is 24.4 Å². The molecule has 0 amide bonds. The van der Waals surface area contributed by atoms with E-state index >= 15 is 0 Å². The summed E-state index contributed by atoms with van der Waals surface area (Å²) in [5.41, 5.74) is 0. The number of pyridine rings is 1. The summed E-state index contributed by atoms with van der Waals surface area (Å²) in [6.07, 6.45) is 0.733. The predicted octanol–water partition coefficient (Wildman–Crippen LogP) is 1.41. The largest absolute Gasteiger partial charge is 0.533 e. The van der Waals surface area contributed by atoms with Gasteiger partial charge in [-0.25, -0.2) is 4.79 Å². The molecular formula is C7H7NO3S. The summed E-state index contributed by atoms with van der Waals surface area (Å²) in [5, 5.41) is 0. The average Bonchev–Trinajstić information content (AvgIpc) is 2.09. The summed E-state index contributed by atoms with van der Waals surface area (Å²) in [6.45, 7) is 0. The highest BCUT2D eigenvalue weighted by molar-refractivity contribution is 7.71. The zero-order chi connectivity index (χ0) is 8.97.